The van der Waals surface area contributed by atoms with Crippen LogP contribution in [0.2, 0.25) is 0 Å². The summed E-state index contributed by atoms with van der Waals surface area (Å²) in [6, 6.07) is 25.1. The molecule has 0 aromatic heterocycles. The molecule has 0 unspecified atom stereocenters. The van der Waals surface area contributed by atoms with Crippen LogP contribution in [0, 0.1) is 0 Å². The highest BCUT2D eigenvalue weighted by molar-refractivity contribution is 7.86. The van der Waals surface area contributed by atoms with Gasteiger partial charge in [0.05, 0.1) is 33.1 Å². The highest BCUT2D eigenvalue weighted by atomic mass is 32.2. The molecule has 0 amide bonds. The van der Waals surface area contributed by atoms with Crippen LogP contribution in [-0.4, -0.2) is 42.0 Å². The molecule has 202 valence electrons. The predicted molar refractivity (Wildman–Crippen MR) is 148 cm³/mol. The van der Waals surface area contributed by atoms with Crippen LogP contribution in [0.5, 0.6) is 23.0 Å². The van der Waals surface area contributed by atoms with E-state index in [-0.39, 0.29) is 18.1 Å². The van der Waals surface area contributed by atoms with Gasteiger partial charge in [-0.2, -0.15) is 8.42 Å². The van der Waals surface area contributed by atoms with Crippen molar-refractivity contribution in [3.63, 3.8) is 0 Å². The van der Waals surface area contributed by atoms with Gasteiger partial charge in [-0.05, 0) is 53.1 Å². The number of ether oxygens (including phenoxy) is 4. The van der Waals surface area contributed by atoms with Gasteiger partial charge in [0.1, 0.15) is 18.1 Å². The van der Waals surface area contributed by atoms with Crippen LogP contribution in [0.15, 0.2) is 84.9 Å². The average molecular weight is 549 g/mol. The van der Waals surface area contributed by atoms with Gasteiger partial charge in [0.15, 0.2) is 11.5 Å². The number of methoxy groups -OCH3 is 3. The van der Waals surface area contributed by atoms with Gasteiger partial charge >= 0.3 is 16.1 Å². The Morgan fingerprint density at radius 2 is 1.28 bits per heavy atom. The first-order valence-electron chi connectivity index (χ1n) is 11.9. The zero-order valence-corrected chi connectivity index (χ0v) is 22.8. The minimum absolute atomic E-state index is 0.0504. The molecule has 0 radical (unpaired) electrons. The van der Waals surface area contributed by atoms with Crippen molar-refractivity contribution in [2.45, 2.75) is 6.61 Å². The second kappa shape index (κ2) is 11.9. The number of rotatable bonds is 10. The molecule has 4 rings (SSSR count). The molecular formula is C30H28O8S. The number of benzene rings is 4. The molecule has 0 fully saturated rings. The Morgan fingerprint density at radius 3 is 1.85 bits per heavy atom. The normalized spacial score (nSPS) is 11.0. The lowest BCUT2D eigenvalue weighted by Crippen LogP contribution is -2.08. The van der Waals surface area contributed by atoms with E-state index in [9.17, 15) is 13.2 Å². The van der Waals surface area contributed by atoms with Crippen LogP contribution < -0.4 is 18.4 Å². The molecule has 0 bridgehead atoms. The molecule has 0 N–H and O–H groups in total. The van der Waals surface area contributed by atoms with Crippen molar-refractivity contribution in [1.29, 1.82) is 0 Å². The second-order valence-electron chi connectivity index (χ2n) is 8.54. The monoisotopic (exact) mass is 548 g/mol. The number of carbonyl (C=O) groups excluding carboxylic acids is 1. The summed E-state index contributed by atoms with van der Waals surface area (Å²) in [6.45, 7) is 0.237. The molecule has 0 atom stereocenters. The fourth-order valence-electron chi connectivity index (χ4n) is 4.01. The van der Waals surface area contributed by atoms with Crippen LogP contribution in [0.1, 0.15) is 15.9 Å². The van der Waals surface area contributed by atoms with Crippen LogP contribution >= 0.6 is 0 Å². The fourth-order valence-corrected chi connectivity index (χ4v) is 4.47. The maximum atomic E-state index is 12.0. The van der Waals surface area contributed by atoms with Gasteiger partial charge < -0.3 is 23.1 Å². The van der Waals surface area contributed by atoms with Crippen LogP contribution in [0.4, 0.5) is 0 Å². The van der Waals surface area contributed by atoms with Crippen molar-refractivity contribution in [3.8, 4) is 45.3 Å². The van der Waals surface area contributed by atoms with Crippen LogP contribution in [0.25, 0.3) is 22.3 Å². The van der Waals surface area contributed by atoms with Gasteiger partial charge in [0.2, 0.25) is 0 Å². The zero-order valence-electron chi connectivity index (χ0n) is 22.0. The standard InChI is InChI=1S/C30H28O8S/c1-34-27-18-25(28(35-2)17-24(27)21-10-12-22(13-11-21)30(31)36-3)23-14-15-26(29(16-23)38-39(4,32)33)37-19-20-8-6-5-7-9-20/h5-18H,19H2,1-4H3. The van der Waals surface area contributed by atoms with E-state index in [0.29, 0.717) is 28.2 Å². The lowest BCUT2D eigenvalue weighted by Gasteiger charge is -2.17. The number of hydrogen-bond acceptors (Lipinski definition) is 8. The average Bonchev–Trinajstić information content (AvgIpc) is 2.95. The lowest BCUT2D eigenvalue weighted by molar-refractivity contribution is 0.0600. The van der Waals surface area contributed by atoms with Crippen LogP contribution in [-0.2, 0) is 21.5 Å². The lowest BCUT2D eigenvalue weighted by atomic mass is 9.97. The van der Waals surface area contributed by atoms with Gasteiger partial charge in [0, 0.05) is 11.1 Å². The molecule has 0 aliphatic heterocycles. The molecule has 0 aliphatic carbocycles. The maximum Gasteiger partial charge on any atom is 0.337 e. The zero-order chi connectivity index (χ0) is 28.0. The largest absolute Gasteiger partial charge is 0.496 e. The number of hydrogen-bond donors (Lipinski definition) is 0. The smallest absolute Gasteiger partial charge is 0.337 e. The summed E-state index contributed by atoms with van der Waals surface area (Å²) in [6.07, 6.45) is 0.977. The second-order valence-corrected chi connectivity index (χ2v) is 10.1. The van der Waals surface area contributed by atoms with E-state index in [1.165, 1.54) is 7.11 Å². The maximum absolute atomic E-state index is 12.0. The van der Waals surface area contributed by atoms with E-state index >= 15 is 0 Å². The highest BCUT2D eigenvalue weighted by Gasteiger charge is 2.19. The fraction of sp³-hybridized carbons (Fsp3) is 0.167. The number of carbonyl (C=O) groups is 1. The molecular weight excluding hydrogens is 520 g/mol. The Hall–Kier alpha value is -4.50. The first kappa shape index (κ1) is 27.5. The van der Waals surface area contributed by atoms with Crippen molar-refractivity contribution in [2.75, 3.05) is 27.6 Å². The van der Waals surface area contributed by atoms with Gasteiger partial charge in [-0.15, -0.1) is 0 Å². The minimum atomic E-state index is -3.83. The Labute approximate surface area is 227 Å². The predicted octanol–water partition coefficient (Wildman–Crippen LogP) is 5.74. The third-order valence-corrected chi connectivity index (χ3v) is 6.35. The number of esters is 1. The van der Waals surface area contributed by atoms with Crippen molar-refractivity contribution in [1.82, 2.24) is 0 Å². The van der Waals surface area contributed by atoms with Crippen molar-refractivity contribution in [2.24, 2.45) is 0 Å². The van der Waals surface area contributed by atoms with Crippen molar-refractivity contribution < 1.29 is 36.3 Å². The van der Waals surface area contributed by atoms with E-state index in [2.05, 4.69) is 0 Å². The first-order chi connectivity index (χ1) is 18.7. The Bertz CT molecular complexity index is 1560. The van der Waals surface area contributed by atoms with E-state index in [1.54, 1.807) is 62.8 Å². The summed E-state index contributed by atoms with van der Waals surface area (Å²) >= 11 is 0. The molecule has 0 saturated carbocycles. The molecule has 4 aromatic rings. The SMILES string of the molecule is COC(=O)c1ccc(-c2cc(OC)c(-c3ccc(OCc4ccccc4)c(OS(C)(=O)=O)c3)cc2OC)cc1. The quantitative estimate of drug-likeness (QED) is 0.183. The van der Waals surface area contributed by atoms with Gasteiger partial charge in [-0.1, -0.05) is 48.5 Å². The molecule has 4 aromatic carbocycles. The molecule has 8 nitrogen and oxygen atoms in total. The summed E-state index contributed by atoms with van der Waals surface area (Å²) in [5.74, 6) is 0.971. The van der Waals surface area contributed by atoms with Gasteiger partial charge in [-0.3, -0.25) is 0 Å². The van der Waals surface area contributed by atoms with Crippen LogP contribution in [0.3, 0.4) is 0 Å². The summed E-state index contributed by atoms with van der Waals surface area (Å²) < 4.78 is 51.4. The molecule has 9 heteroatoms. The molecule has 0 saturated heterocycles. The Balaban J connectivity index is 1.74. The van der Waals surface area contributed by atoms with E-state index < -0.39 is 16.1 Å². The highest BCUT2D eigenvalue weighted by Crippen LogP contribution is 2.43. The van der Waals surface area contributed by atoms with Gasteiger partial charge in [-0.25, -0.2) is 4.79 Å². The third-order valence-electron chi connectivity index (χ3n) is 5.87. The molecule has 0 heterocycles. The summed E-state index contributed by atoms with van der Waals surface area (Å²) in [5, 5.41) is 0. The topological polar surface area (TPSA) is 97.4 Å². The Kier molecular flexibility index (Phi) is 8.41. The molecule has 0 aliphatic rings. The van der Waals surface area contributed by atoms with E-state index in [1.807, 2.05) is 36.4 Å². The summed E-state index contributed by atoms with van der Waals surface area (Å²) in [4.78, 5) is 11.8. The van der Waals surface area contributed by atoms with Crippen molar-refractivity contribution in [3.05, 3.63) is 96.1 Å². The van der Waals surface area contributed by atoms with E-state index in [0.717, 1.165) is 22.9 Å². The Morgan fingerprint density at radius 1 is 0.692 bits per heavy atom. The third kappa shape index (κ3) is 6.69. The molecule has 39 heavy (non-hydrogen) atoms. The summed E-state index contributed by atoms with van der Waals surface area (Å²) in [7, 11) is 0.592. The first-order valence-corrected chi connectivity index (χ1v) is 13.7. The van der Waals surface area contributed by atoms with Crippen molar-refractivity contribution >= 4 is 16.1 Å². The van der Waals surface area contributed by atoms with E-state index in [4.69, 9.17) is 23.1 Å². The minimum Gasteiger partial charge on any atom is -0.496 e. The van der Waals surface area contributed by atoms with Gasteiger partial charge in [0.25, 0.3) is 0 Å². The summed E-state index contributed by atoms with van der Waals surface area (Å²) in [5.41, 5.74) is 4.17. The molecule has 0 spiro atoms.